The van der Waals surface area contributed by atoms with Crippen molar-refractivity contribution in [3.63, 3.8) is 0 Å². The summed E-state index contributed by atoms with van der Waals surface area (Å²) in [5.41, 5.74) is -0.0113. The Bertz CT molecular complexity index is 478. The number of nitrogens with one attached hydrogen (secondary N) is 1. The molecule has 1 aromatic heterocycles. The van der Waals surface area contributed by atoms with Crippen LogP contribution < -0.4 is 10.9 Å². The van der Waals surface area contributed by atoms with Gasteiger partial charge in [0, 0.05) is 38.4 Å². The Morgan fingerprint density at radius 1 is 1.37 bits per heavy atom. The fourth-order valence-corrected chi connectivity index (χ4v) is 2.35. The Balaban J connectivity index is 1.77. The molecular formula is C14H21N3O2. The number of nitrogens with zero attached hydrogens (tertiary/aromatic N) is 2. The molecule has 1 amide bonds. The Kier molecular flexibility index (Phi) is 4.74. The first kappa shape index (κ1) is 13.8. The maximum Gasteiger partial charge on any atom is 0.250 e. The molecule has 19 heavy (non-hydrogen) atoms. The van der Waals surface area contributed by atoms with E-state index in [4.69, 9.17) is 0 Å². The summed E-state index contributed by atoms with van der Waals surface area (Å²) in [5.74, 6) is 0.165. The number of likely N-dealkylation sites (tertiary alicyclic amines) is 1. The van der Waals surface area contributed by atoms with Crippen molar-refractivity contribution in [2.24, 2.45) is 0 Å². The maximum absolute atomic E-state index is 12.0. The van der Waals surface area contributed by atoms with Crippen LogP contribution in [0, 0.1) is 0 Å². The summed E-state index contributed by atoms with van der Waals surface area (Å²) in [6.45, 7) is 4.84. The molecule has 0 radical (unpaired) electrons. The molecular weight excluding hydrogens is 242 g/mol. The highest BCUT2D eigenvalue weighted by Gasteiger charge is 2.22. The first-order chi connectivity index (χ1) is 9.18. The highest BCUT2D eigenvalue weighted by molar-refractivity contribution is 5.81. The van der Waals surface area contributed by atoms with E-state index >= 15 is 0 Å². The van der Waals surface area contributed by atoms with Crippen LogP contribution in [-0.2, 0) is 11.3 Å². The third-order valence-corrected chi connectivity index (χ3v) is 3.49. The molecule has 104 valence electrons. The van der Waals surface area contributed by atoms with Gasteiger partial charge in [-0.3, -0.25) is 9.59 Å². The second kappa shape index (κ2) is 6.52. The summed E-state index contributed by atoms with van der Waals surface area (Å²) >= 11 is 0. The van der Waals surface area contributed by atoms with Crippen LogP contribution in [0.25, 0.3) is 0 Å². The molecule has 1 unspecified atom stereocenters. The fraction of sp³-hybridized carbons (Fsp3) is 0.571. The van der Waals surface area contributed by atoms with E-state index in [2.05, 4.69) is 5.32 Å². The van der Waals surface area contributed by atoms with Crippen LogP contribution in [0.15, 0.2) is 29.2 Å². The molecule has 1 fully saturated rings. The molecule has 1 atom stereocenters. The fourth-order valence-electron chi connectivity index (χ4n) is 2.35. The number of aromatic nitrogens is 1. The number of hydrogen-bond acceptors (Lipinski definition) is 3. The monoisotopic (exact) mass is 263 g/mol. The van der Waals surface area contributed by atoms with Gasteiger partial charge in [-0.25, -0.2) is 0 Å². The lowest BCUT2D eigenvalue weighted by atomic mass is 10.3. The van der Waals surface area contributed by atoms with Crippen LogP contribution in [0.2, 0.25) is 0 Å². The second-order valence-electron chi connectivity index (χ2n) is 4.94. The quantitative estimate of drug-likeness (QED) is 0.839. The zero-order valence-electron chi connectivity index (χ0n) is 11.3. The summed E-state index contributed by atoms with van der Waals surface area (Å²) in [7, 11) is 0. The van der Waals surface area contributed by atoms with Gasteiger partial charge in [0.05, 0.1) is 6.04 Å². The predicted molar refractivity (Wildman–Crippen MR) is 74.0 cm³/mol. The summed E-state index contributed by atoms with van der Waals surface area (Å²) in [5, 5.41) is 3.18. The van der Waals surface area contributed by atoms with Crippen LogP contribution in [0.3, 0.4) is 0 Å². The molecule has 0 spiro atoms. The molecule has 1 saturated heterocycles. The van der Waals surface area contributed by atoms with Crippen LogP contribution in [-0.4, -0.2) is 41.1 Å². The standard InChI is InChI=1S/C14H21N3O2/c1-12(14(19)17-9-4-5-10-17)15-7-11-16-8-3-2-6-13(16)18/h2-3,6,8,12,15H,4-5,7,9-11H2,1H3. The van der Waals surface area contributed by atoms with Gasteiger partial charge in [0.15, 0.2) is 0 Å². The van der Waals surface area contributed by atoms with E-state index in [9.17, 15) is 9.59 Å². The van der Waals surface area contributed by atoms with Crippen LogP contribution in [0.1, 0.15) is 19.8 Å². The number of hydrogen-bond donors (Lipinski definition) is 1. The molecule has 0 aromatic carbocycles. The zero-order valence-corrected chi connectivity index (χ0v) is 11.3. The van der Waals surface area contributed by atoms with Crippen molar-refractivity contribution >= 4 is 5.91 Å². The molecule has 0 aliphatic carbocycles. The van der Waals surface area contributed by atoms with Gasteiger partial charge in [0.25, 0.3) is 5.56 Å². The summed E-state index contributed by atoms with van der Waals surface area (Å²) in [4.78, 5) is 25.5. The minimum absolute atomic E-state index is 0.0113. The average Bonchev–Trinajstić information content (AvgIpc) is 2.94. The van der Waals surface area contributed by atoms with Gasteiger partial charge in [-0.05, 0) is 25.8 Å². The van der Waals surface area contributed by atoms with E-state index in [0.717, 1.165) is 25.9 Å². The smallest absolute Gasteiger partial charge is 0.250 e. The SMILES string of the molecule is CC(NCCn1ccccc1=O)C(=O)N1CCCC1. The van der Waals surface area contributed by atoms with Gasteiger partial charge >= 0.3 is 0 Å². The molecule has 1 aliphatic rings. The van der Waals surface area contributed by atoms with Crippen molar-refractivity contribution in [2.45, 2.75) is 32.4 Å². The molecule has 2 rings (SSSR count). The lowest BCUT2D eigenvalue weighted by Gasteiger charge is -2.21. The summed E-state index contributed by atoms with van der Waals surface area (Å²) in [6, 6.07) is 4.92. The third kappa shape index (κ3) is 3.67. The van der Waals surface area contributed by atoms with E-state index in [1.54, 1.807) is 22.9 Å². The number of pyridine rings is 1. The van der Waals surface area contributed by atoms with E-state index in [1.165, 1.54) is 0 Å². The van der Waals surface area contributed by atoms with Crippen molar-refractivity contribution in [1.29, 1.82) is 0 Å². The largest absolute Gasteiger partial charge is 0.341 e. The van der Waals surface area contributed by atoms with Gasteiger partial charge in [-0.1, -0.05) is 6.07 Å². The molecule has 1 N–H and O–H groups in total. The third-order valence-electron chi connectivity index (χ3n) is 3.49. The number of carbonyl (C=O) groups excluding carboxylic acids is 1. The van der Waals surface area contributed by atoms with Crippen molar-refractivity contribution in [1.82, 2.24) is 14.8 Å². The van der Waals surface area contributed by atoms with Crippen LogP contribution in [0.5, 0.6) is 0 Å². The van der Waals surface area contributed by atoms with Gasteiger partial charge in [-0.15, -0.1) is 0 Å². The first-order valence-corrected chi connectivity index (χ1v) is 6.86. The van der Waals surface area contributed by atoms with Crippen molar-refractivity contribution in [2.75, 3.05) is 19.6 Å². The minimum Gasteiger partial charge on any atom is -0.341 e. The van der Waals surface area contributed by atoms with E-state index in [0.29, 0.717) is 13.1 Å². The Morgan fingerprint density at radius 2 is 2.11 bits per heavy atom. The van der Waals surface area contributed by atoms with Crippen molar-refractivity contribution in [3.05, 3.63) is 34.7 Å². The minimum atomic E-state index is -0.183. The molecule has 1 aromatic rings. The first-order valence-electron chi connectivity index (χ1n) is 6.86. The number of carbonyl (C=O) groups is 1. The van der Waals surface area contributed by atoms with E-state index in [1.807, 2.05) is 17.9 Å². The predicted octanol–water partition coefficient (Wildman–Crippen LogP) is 0.449. The normalized spacial score (nSPS) is 16.6. The Labute approximate surface area is 113 Å². The molecule has 2 heterocycles. The van der Waals surface area contributed by atoms with Gasteiger partial charge < -0.3 is 14.8 Å². The zero-order chi connectivity index (χ0) is 13.7. The average molecular weight is 263 g/mol. The number of rotatable bonds is 5. The van der Waals surface area contributed by atoms with Crippen LogP contribution >= 0.6 is 0 Å². The lowest BCUT2D eigenvalue weighted by Crippen LogP contribution is -2.44. The van der Waals surface area contributed by atoms with Gasteiger partial charge in [0.1, 0.15) is 0 Å². The summed E-state index contributed by atoms with van der Waals surface area (Å²) < 4.78 is 1.64. The van der Waals surface area contributed by atoms with Crippen LogP contribution in [0.4, 0.5) is 0 Å². The molecule has 5 nitrogen and oxygen atoms in total. The van der Waals surface area contributed by atoms with Crippen molar-refractivity contribution in [3.8, 4) is 0 Å². The lowest BCUT2D eigenvalue weighted by molar-refractivity contribution is -0.131. The van der Waals surface area contributed by atoms with E-state index < -0.39 is 0 Å². The molecule has 0 saturated carbocycles. The highest BCUT2D eigenvalue weighted by Crippen LogP contribution is 2.08. The maximum atomic E-state index is 12.0. The van der Waals surface area contributed by atoms with Crippen molar-refractivity contribution < 1.29 is 4.79 Å². The molecule has 0 bridgehead atoms. The molecule has 5 heteroatoms. The summed E-state index contributed by atoms with van der Waals surface area (Å²) in [6.07, 6.45) is 3.98. The van der Waals surface area contributed by atoms with E-state index in [-0.39, 0.29) is 17.5 Å². The van der Waals surface area contributed by atoms with Gasteiger partial charge in [0.2, 0.25) is 5.91 Å². The van der Waals surface area contributed by atoms with Gasteiger partial charge in [-0.2, -0.15) is 0 Å². The highest BCUT2D eigenvalue weighted by atomic mass is 16.2. The number of amides is 1. The Morgan fingerprint density at radius 3 is 2.79 bits per heavy atom. The second-order valence-corrected chi connectivity index (χ2v) is 4.94. The Hall–Kier alpha value is -1.62. The topological polar surface area (TPSA) is 54.3 Å². The molecule has 1 aliphatic heterocycles.